The Morgan fingerprint density at radius 3 is 1.97 bits per heavy atom. The molecule has 168 valence electrons. The molecule has 0 spiro atoms. The number of methoxy groups -OCH3 is 1. The molecule has 3 nitrogen and oxygen atoms in total. The molecule has 0 saturated heterocycles. The van der Waals surface area contributed by atoms with Gasteiger partial charge < -0.3 is 9.84 Å². The van der Waals surface area contributed by atoms with Gasteiger partial charge in [-0.15, -0.1) is 0 Å². The number of rotatable bonds is 4. The molecule has 0 radical (unpaired) electrons. The average molecular weight is 414 g/mol. The minimum absolute atomic E-state index is 0.400. The predicted octanol–water partition coefficient (Wildman–Crippen LogP) is 7.79. The number of hydrogen-bond acceptors (Lipinski definition) is 3. The van der Waals surface area contributed by atoms with Crippen LogP contribution in [-0.2, 0) is 0 Å². The van der Waals surface area contributed by atoms with E-state index in [4.69, 9.17) is 9.73 Å². The zero-order chi connectivity index (χ0) is 21.2. The van der Waals surface area contributed by atoms with Gasteiger partial charge in [-0.25, -0.2) is 0 Å². The fourth-order valence-corrected chi connectivity index (χ4v) is 5.23. The van der Waals surface area contributed by atoms with Crippen molar-refractivity contribution in [2.75, 3.05) is 7.11 Å². The van der Waals surface area contributed by atoms with E-state index in [-0.39, 0.29) is 0 Å². The Balaban J connectivity index is 1.77. The number of ether oxygens (including phenoxy) is 1. The van der Waals surface area contributed by atoms with Crippen molar-refractivity contribution < 1.29 is 9.84 Å². The molecule has 1 N–H and O–H groups in total. The van der Waals surface area contributed by atoms with Crippen LogP contribution in [0.5, 0.6) is 11.5 Å². The van der Waals surface area contributed by atoms with Crippen molar-refractivity contribution in [2.45, 2.75) is 115 Å². The molecule has 0 aromatic heterocycles. The molecule has 1 aromatic carbocycles. The van der Waals surface area contributed by atoms with Crippen molar-refractivity contribution >= 4 is 6.21 Å². The van der Waals surface area contributed by atoms with Crippen molar-refractivity contribution in [3.8, 4) is 11.5 Å². The van der Waals surface area contributed by atoms with E-state index in [0.717, 1.165) is 48.5 Å². The van der Waals surface area contributed by atoms with Gasteiger partial charge in [-0.1, -0.05) is 64.7 Å². The summed E-state index contributed by atoms with van der Waals surface area (Å²) in [4.78, 5) is 4.85. The monoisotopic (exact) mass is 413 g/mol. The van der Waals surface area contributed by atoms with Crippen LogP contribution in [0.15, 0.2) is 17.1 Å². The summed E-state index contributed by atoms with van der Waals surface area (Å²) in [6, 6.07) is 4.42. The van der Waals surface area contributed by atoms with Crippen molar-refractivity contribution in [3.63, 3.8) is 0 Å². The number of aliphatic imine (C=N–C) groups is 1. The lowest BCUT2D eigenvalue weighted by atomic mass is 9.86. The van der Waals surface area contributed by atoms with Crippen molar-refractivity contribution in [1.29, 1.82) is 0 Å². The number of aromatic hydroxyl groups is 1. The SMILES string of the molecule is COc1cc(C=NC2CCC(C)CC2)c(O)c(C2CCCCCCCCCCC2)c1. The van der Waals surface area contributed by atoms with Crippen LogP contribution in [0.4, 0.5) is 0 Å². The molecule has 0 atom stereocenters. The largest absolute Gasteiger partial charge is 0.507 e. The molecule has 2 aliphatic carbocycles. The summed E-state index contributed by atoms with van der Waals surface area (Å²) in [6.45, 7) is 2.34. The third kappa shape index (κ3) is 7.03. The first-order chi connectivity index (χ1) is 14.7. The second kappa shape index (κ2) is 12.4. The van der Waals surface area contributed by atoms with Crippen LogP contribution < -0.4 is 4.74 Å². The summed E-state index contributed by atoms with van der Waals surface area (Å²) in [5.74, 6) is 2.52. The first-order valence-electron chi connectivity index (χ1n) is 12.6. The van der Waals surface area contributed by atoms with E-state index in [1.165, 1.54) is 70.6 Å². The number of benzene rings is 1. The predicted molar refractivity (Wildman–Crippen MR) is 127 cm³/mol. The van der Waals surface area contributed by atoms with Gasteiger partial charge in [0.25, 0.3) is 0 Å². The van der Waals surface area contributed by atoms with Gasteiger partial charge in [-0.05, 0) is 62.5 Å². The standard InChI is InChI=1S/C27H43NO2/c1-21-14-16-24(17-15-21)28-20-23-18-25(30-2)19-26(27(23)29)22-12-10-8-6-4-3-5-7-9-11-13-22/h18-22,24,29H,3-17H2,1-2H3. The molecular weight excluding hydrogens is 370 g/mol. The van der Waals surface area contributed by atoms with Crippen LogP contribution in [-0.4, -0.2) is 24.5 Å². The molecule has 0 aliphatic heterocycles. The van der Waals surface area contributed by atoms with E-state index >= 15 is 0 Å². The van der Waals surface area contributed by atoms with Crippen molar-refractivity contribution in [2.24, 2.45) is 10.9 Å². The van der Waals surface area contributed by atoms with E-state index in [0.29, 0.717) is 17.7 Å². The summed E-state index contributed by atoms with van der Waals surface area (Å²) in [6.07, 6.45) is 21.1. The molecule has 1 aromatic rings. The fraction of sp³-hybridized carbons (Fsp3) is 0.741. The Morgan fingerprint density at radius 2 is 1.40 bits per heavy atom. The highest BCUT2D eigenvalue weighted by atomic mass is 16.5. The molecule has 3 heteroatoms. The van der Waals surface area contributed by atoms with Gasteiger partial charge in [0, 0.05) is 23.4 Å². The summed E-state index contributed by atoms with van der Waals surface area (Å²) in [5, 5.41) is 11.2. The molecule has 3 rings (SSSR count). The maximum atomic E-state index is 11.2. The molecule has 2 aliphatic rings. The van der Waals surface area contributed by atoms with Crippen LogP contribution in [0.25, 0.3) is 0 Å². The van der Waals surface area contributed by atoms with Crippen LogP contribution in [0.1, 0.15) is 120 Å². The maximum Gasteiger partial charge on any atom is 0.128 e. The van der Waals surface area contributed by atoms with E-state index in [9.17, 15) is 5.11 Å². The fourth-order valence-electron chi connectivity index (χ4n) is 5.23. The van der Waals surface area contributed by atoms with E-state index < -0.39 is 0 Å². The highest BCUT2D eigenvalue weighted by molar-refractivity contribution is 5.85. The Hall–Kier alpha value is -1.51. The second-order valence-corrected chi connectivity index (χ2v) is 9.80. The zero-order valence-corrected chi connectivity index (χ0v) is 19.4. The molecule has 2 fully saturated rings. The summed E-state index contributed by atoms with van der Waals surface area (Å²) in [7, 11) is 1.72. The van der Waals surface area contributed by atoms with Crippen LogP contribution >= 0.6 is 0 Å². The molecule has 0 heterocycles. The third-order valence-corrected chi connectivity index (χ3v) is 7.33. The van der Waals surface area contributed by atoms with Gasteiger partial charge in [0.05, 0.1) is 7.11 Å². The first-order valence-corrected chi connectivity index (χ1v) is 12.6. The zero-order valence-electron chi connectivity index (χ0n) is 19.4. The summed E-state index contributed by atoms with van der Waals surface area (Å²) >= 11 is 0. The summed E-state index contributed by atoms with van der Waals surface area (Å²) < 4.78 is 5.61. The van der Waals surface area contributed by atoms with E-state index in [2.05, 4.69) is 13.0 Å². The number of phenolic OH excluding ortho intramolecular Hbond substituents is 1. The quantitative estimate of drug-likeness (QED) is 0.512. The van der Waals surface area contributed by atoms with Crippen LogP contribution in [0.3, 0.4) is 0 Å². The molecule has 2 saturated carbocycles. The van der Waals surface area contributed by atoms with Crippen LogP contribution in [0.2, 0.25) is 0 Å². The Bertz CT molecular complexity index is 649. The van der Waals surface area contributed by atoms with Gasteiger partial charge in [-0.3, -0.25) is 4.99 Å². The Labute approximate surface area is 184 Å². The minimum Gasteiger partial charge on any atom is -0.507 e. The van der Waals surface area contributed by atoms with Gasteiger partial charge >= 0.3 is 0 Å². The van der Waals surface area contributed by atoms with Gasteiger partial charge in [0.1, 0.15) is 11.5 Å². The van der Waals surface area contributed by atoms with Gasteiger partial charge in [0.2, 0.25) is 0 Å². The average Bonchev–Trinajstić information content (AvgIpc) is 2.75. The minimum atomic E-state index is 0.400. The normalized spacial score (nSPS) is 25.5. The molecule has 0 unspecified atom stereocenters. The second-order valence-electron chi connectivity index (χ2n) is 9.80. The van der Waals surface area contributed by atoms with Gasteiger partial charge in [0.15, 0.2) is 0 Å². The van der Waals surface area contributed by atoms with E-state index in [1.807, 2.05) is 12.3 Å². The highest BCUT2D eigenvalue weighted by Crippen LogP contribution is 2.39. The molecule has 0 bridgehead atoms. The molecular formula is C27H43NO2. The Morgan fingerprint density at radius 1 is 0.833 bits per heavy atom. The third-order valence-electron chi connectivity index (χ3n) is 7.33. The maximum absolute atomic E-state index is 11.2. The number of phenols is 1. The number of hydrogen-bond donors (Lipinski definition) is 1. The van der Waals surface area contributed by atoms with Crippen molar-refractivity contribution in [3.05, 3.63) is 23.3 Å². The highest BCUT2D eigenvalue weighted by Gasteiger charge is 2.20. The lowest BCUT2D eigenvalue weighted by Crippen LogP contribution is -2.15. The molecule has 30 heavy (non-hydrogen) atoms. The lowest BCUT2D eigenvalue weighted by molar-refractivity contribution is 0.350. The lowest BCUT2D eigenvalue weighted by Gasteiger charge is -2.23. The molecule has 0 amide bonds. The van der Waals surface area contributed by atoms with Gasteiger partial charge in [-0.2, -0.15) is 0 Å². The van der Waals surface area contributed by atoms with E-state index in [1.54, 1.807) is 7.11 Å². The topological polar surface area (TPSA) is 41.8 Å². The van der Waals surface area contributed by atoms with Crippen molar-refractivity contribution in [1.82, 2.24) is 0 Å². The Kier molecular flexibility index (Phi) is 9.55. The smallest absolute Gasteiger partial charge is 0.128 e. The summed E-state index contributed by atoms with van der Waals surface area (Å²) in [5.41, 5.74) is 1.90. The number of nitrogens with zero attached hydrogens (tertiary/aromatic N) is 1. The first kappa shape index (κ1) is 23.2. The van der Waals surface area contributed by atoms with Crippen LogP contribution in [0, 0.1) is 5.92 Å².